The SMILES string of the molecule is CCCC1(C(=O)O)CCCN1C(=O)NCC1(SC)CC1. The van der Waals surface area contributed by atoms with Gasteiger partial charge in [0.15, 0.2) is 0 Å². The number of nitrogens with zero attached hydrogens (tertiary/aromatic N) is 1. The molecule has 2 fully saturated rings. The molecule has 0 aromatic heterocycles. The first-order valence-electron chi connectivity index (χ1n) is 7.34. The van der Waals surface area contributed by atoms with Gasteiger partial charge in [0, 0.05) is 17.8 Å². The molecule has 1 heterocycles. The van der Waals surface area contributed by atoms with Crippen LogP contribution in [0.15, 0.2) is 0 Å². The number of nitrogens with one attached hydrogen (secondary N) is 1. The molecule has 1 atom stereocenters. The molecule has 2 amide bonds. The average Bonchev–Trinajstić information content (AvgIpc) is 3.09. The van der Waals surface area contributed by atoms with E-state index >= 15 is 0 Å². The summed E-state index contributed by atoms with van der Waals surface area (Å²) in [4.78, 5) is 25.6. The van der Waals surface area contributed by atoms with Crippen LogP contribution in [0.4, 0.5) is 4.79 Å². The number of aliphatic carboxylic acids is 1. The fraction of sp³-hybridized carbons (Fsp3) is 0.857. The van der Waals surface area contributed by atoms with E-state index in [4.69, 9.17) is 0 Å². The number of carbonyl (C=O) groups excluding carboxylic acids is 1. The minimum absolute atomic E-state index is 0.200. The van der Waals surface area contributed by atoms with E-state index in [2.05, 4.69) is 11.6 Å². The molecule has 1 aliphatic carbocycles. The van der Waals surface area contributed by atoms with Gasteiger partial charge in [0.25, 0.3) is 0 Å². The van der Waals surface area contributed by atoms with Crippen molar-refractivity contribution in [1.82, 2.24) is 10.2 Å². The maximum atomic E-state index is 12.4. The fourth-order valence-corrected chi connectivity index (χ4v) is 3.83. The van der Waals surface area contributed by atoms with Gasteiger partial charge in [-0.25, -0.2) is 9.59 Å². The highest BCUT2D eigenvalue weighted by atomic mass is 32.2. The largest absolute Gasteiger partial charge is 0.479 e. The molecule has 0 spiro atoms. The number of likely N-dealkylation sites (tertiary alicyclic amines) is 1. The lowest BCUT2D eigenvalue weighted by Crippen LogP contribution is -2.56. The molecule has 2 N–H and O–H groups in total. The molecule has 2 aliphatic rings. The number of hydrogen-bond donors (Lipinski definition) is 2. The number of carboxylic acids is 1. The number of amides is 2. The molecule has 5 nitrogen and oxygen atoms in total. The highest BCUT2D eigenvalue weighted by molar-refractivity contribution is 8.00. The first-order valence-corrected chi connectivity index (χ1v) is 8.56. The second-order valence-corrected chi connectivity index (χ2v) is 7.16. The van der Waals surface area contributed by atoms with Crippen molar-refractivity contribution < 1.29 is 14.7 Å². The van der Waals surface area contributed by atoms with Crippen molar-refractivity contribution in [2.75, 3.05) is 19.3 Å². The van der Waals surface area contributed by atoms with Gasteiger partial charge in [-0.05, 0) is 38.4 Å². The van der Waals surface area contributed by atoms with Gasteiger partial charge in [-0.1, -0.05) is 13.3 Å². The zero-order valence-electron chi connectivity index (χ0n) is 12.3. The zero-order valence-corrected chi connectivity index (χ0v) is 13.1. The van der Waals surface area contributed by atoms with Crippen molar-refractivity contribution >= 4 is 23.8 Å². The molecular formula is C14H24N2O3S. The van der Waals surface area contributed by atoms with Crippen molar-refractivity contribution in [1.29, 1.82) is 0 Å². The third-order valence-corrected chi connectivity index (χ3v) is 6.02. The van der Waals surface area contributed by atoms with Gasteiger partial charge >= 0.3 is 12.0 Å². The number of thioether (sulfide) groups is 1. The fourth-order valence-electron chi connectivity index (χ4n) is 3.10. The Hall–Kier alpha value is -0.910. The standard InChI is InChI=1S/C14H24N2O3S/c1-3-5-14(11(17)18)6-4-9-16(14)12(19)15-10-13(20-2)7-8-13/h3-10H2,1-2H3,(H,15,19)(H,17,18). The van der Waals surface area contributed by atoms with Gasteiger partial charge in [0.1, 0.15) is 5.54 Å². The van der Waals surface area contributed by atoms with Crippen LogP contribution in [0.3, 0.4) is 0 Å². The normalized spacial score (nSPS) is 27.4. The third kappa shape index (κ3) is 2.75. The summed E-state index contributed by atoms with van der Waals surface area (Å²) in [6, 6.07) is -0.210. The molecule has 0 aromatic rings. The second-order valence-electron chi connectivity index (χ2n) is 5.89. The van der Waals surface area contributed by atoms with Gasteiger partial charge < -0.3 is 15.3 Å². The molecule has 0 bridgehead atoms. The van der Waals surface area contributed by atoms with E-state index < -0.39 is 11.5 Å². The summed E-state index contributed by atoms with van der Waals surface area (Å²) < 4.78 is 0.200. The Morgan fingerprint density at radius 3 is 2.55 bits per heavy atom. The molecule has 1 saturated carbocycles. The van der Waals surface area contributed by atoms with E-state index in [1.165, 1.54) is 0 Å². The lowest BCUT2D eigenvalue weighted by atomic mass is 9.91. The Kier molecular flexibility index (Phi) is 4.52. The van der Waals surface area contributed by atoms with Crippen LogP contribution in [0.2, 0.25) is 0 Å². The quantitative estimate of drug-likeness (QED) is 0.790. The van der Waals surface area contributed by atoms with E-state index in [0.29, 0.717) is 25.9 Å². The summed E-state index contributed by atoms with van der Waals surface area (Å²) in [6.07, 6.45) is 6.97. The van der Waals surface area contributed by atoms with Gasteiger partial charge in [-0.3, -0.25) is 0 Å². The smallest absolute Gasteiger partial charge is 0.329 e. The molecule has 0 aromatic carbocycles. The summed E-state index contributed by atoms with van der Waals surface area (Å²) in [6.45, 7) is 3.15. The molecule has 1 aliphatic heterocycles. The lowest BCUT2D eigenvalue weighted by Gasteiger charge is -2.35. The van der Waals surface area contributed by atoms with Crippen molar-refractivity contribution in [3.8, 4) is 0 Å². The topological polar surface area (TPSA) is 69.6 Å². The maximum Gasteiger partial charge on any atom is 0.329 e. The predicted octanol–water partition coefficient (Wildman–Crippen LogP) is 2.31. The number of carboxylic acid groups (broad SMARTS) is 1. The van der Waals surface area contributed by atoms with Crippen molar-refractivity contribution in [3.05, 3.63) is 0 Å². The Labute approximate surface area is 124 Å². The number of urea groups is 1. The van der Waals surface area contributed by atoms with Crippen LogP contribution < -0.4 is 5.32 Å². The molecule has 6 heteroatoms. The Morgan fingerprint density at radius 2 is 2.05 bits per heavy atom. The van der Waals surface area contributed by atoms with Crippen LogP contribution in [0, 0.1) is 0 Å². The summed E-state index contributed by atoms with van der Waals surface area (Å²) in [5, 5.41) is 12.5. The van der Waals surface area contributed by atoms with E-state index in [0.717, 1.165) is 25.7 Å². The zero-order chi connectivity index (χ0) is 14.8. The summed E-state index contributed by atoms with van der Waals surface area (Å²) in [7, 11) is 0. The Morgan fingerprint density at radius 1 is 1.35 bits per heavy atom. The second kappa shape index (κ2) is 5.84. The van der Waals surface area contributed by atoms with E-state index in [-0.39, 0.29) is 10.8 Å². The minimum Gasteiger partial charge on any atom is -0.479 e. The number of hydrogen-bond acceptors (Lipinski definition) is 3. The van der Waals surface area contributed by atoms with E-state index in [9.17, 15) is 14.7 Å². The third-order valence-electron chi connectivity index (χ3n) is 4.60. The van der Waals surface area contributed by atoms with Gasteiger partial charge in [0.2, 0.25) is 0 Å². The monoisotopic (exact) mass is 300 g/mol. The maximum absolute atomic E-state index is 12.4. The van der Waals surface area contributed by atoms with Gasteiger partial charge in [-0.15, -0.1) is 0 Å². The van der Waals surface area contributed by atoms with Gasteiger partial charge in [-0.2, -0.15) is 11.8 Å². The highest BCUT2D eigenvalue weighted by Gasteiger charge is 2.50. The van der Waals surface area contributed by atoms with Crippen LogP contribution in [-0.4, -0.2) is 51.6 Å². The van der Waals surface area contributed by atoms with Crippen LogP contribution in [0.1, 0.15) is 45.4 Å². The van der Waals surface area contributed by atoms with E-state index in [1.54, 1.807) is 16.7 Å². The van der Waals surface area contributed by atoms with Crippen LogP contribution >= 0.6 is 11.8 Å². The minimum atomic E-state index is -0.991. The Balaban J connectivity index is 2.01. The van der Waals surface area contributed by atoms with Gasteiger partial charge in [0.05, 0.1) is 0 Å². The summed E-state index contributed by atoms with van der Waals surface area (Å²) in [5.74, 6) is -0.863. The first kappa shape index (κ1) is 15.5. The van der Waals surface area contributed by atoms with Crippen LogP contribution in [0.5, 0.6) is 0 Å². The molecular weight excluding hydrogens is 276 g/mol. The summed E-state index contributed by atoms with van der Waals surface area (Å²) in [5.41, 5.74) is -0.991. The molecule has 20 heavy (non-hydrogen) atoms. The van der Waals surface area contributed by atoms with Crippen molar-refractivity contribution in [2.45, 2.75) is 55.7 Å². The molecule has 0 radical (unpaired) electrons. The molecule has 114 valence electrons. The highest BCUT2D eigenvalue weighted by Crippen LogP contribution is 2.46. The van der Waals surface area contributed by atoms with E-state index in [1.807, 2.05) is 6.92 Å². The molecule has 1 unspecified atom stereocenters. The predicted molar refractivity (Wildman–Crippen MR) is 80.1 cm³/mol. The lowest BCUT2D eigenvalue weighted by molar-refractivity contribution is -0.148. The molecule has 1 saturated heterocycles. The van der Waals surface area contributed by atoms with Crippen molar-refractivity contribution in [3.63, 3.8) is 0 Å². The Bertz CT molecular complexity index is 398. The summed E-state index contributed by atoms with van der Waals surface area (Å²) >= 11 is 1.79. The van der Waals surface area contributed by atoms with Crippen LogP contribution in [0.25, 0.3) is 0 Å². The number of carbonyl (C=O) groups is 2. The van der Waals surface area contributed by atoms with Crippen LogP contribution in [-0.2, 0) is 4.79 Å². The first-order chi connectivity index (χ1) is 9.49. The van der Waals surface area contributed by atoms with Crippen molar-refractivity contribution in [2.24, 2.45) is 0 Å². The molecule has 2 rings (SSSR count). The number of rotatable bonds is 6. The average molecular weight is 300 g/mol.